The lowest BCUT2D eigenvalue weighted by Gasteiger charge is -2.38. The fraction of sp³-hybridized carbons (Fsp3) is 0.440. The van der Waals surface area contributed by atoms with Crippen molar-refractivity contribution < 1.29 is 14.3 Å². The van der Waals surface area contributed by atoms with Crippen molar-refractivity contribution >= 4 is 28.9 Å². The number of carbonyl (C=O) groups excluding carboxylic acids is 1. The van der Waals surface area contributed by atoms with E-state index >= 15 is 0 Å². The van der Waals surface area contributed by atoms with Crippen molar-refractivity contribution in [2.24, 2.45) is 0 Å². The maximum Gasteiger partial charge on any atom is 0.308 e. The summed E-state index contributed by atoms with van der Waals surface area (Å²) >= 11 is 5.82. The molecule has 1 atom stereocenters. The van der Waals surface area contributed by atoms with Gasteiger partial charge in [-0.2, -0.15) is 0 Å². The maximum absolute atomic E-state index is 11.6. The molecule has 0 aromatic heterocycles. The Bertz CT molecular complexity index is 1060. The minimum atomic E-state index is -0.611. The molecule has 1 N–H and O–H groups in total. The molecule has 30 heavy (non-hydrogen) atoms. The first-order chi connectivity index (χ1) is 13.9. The van der Waals surface area contributed by atoms with Gasteiger partial charge in [0.2, 0.25) is 0 Å². The lowest BCUT2D eigenvalue weighted by Crippen LogP contribution is -2.47. The van der Waals surface area contributed by atoms with Gasteiger partial charge in [-0.3, -0.25) is 4.79 Å². The van der Waals surface area contributed by atoms with Crippen molar-refractivity contribution in [3.63, 3.8) is 0 Å². The van der Waals surface area contributed by atoms with Gasteiger partial charge < -0.3 is 14.8 Å². The molecule has 5 heteroatoms. The first kappa shape index (κ1) is 22.3. The van der Waals surface area contributed by atoms with Gasteiger partial charge in [0.15, 0.2) is 5.60 Å². The van der Waals surface area contributed by atoms with Crippen molar-refractivity contribution in [2.45, 2.75) is 73.8 Å². The monoisotopic (exact) mass is 425 g/mol. The molecule has 0 amide bonds. The highest BCUT2D eigenvalue weighted by atomic mass is 32.1. The van der Waals surface area contributed by atoms with Crippen LogP contribution in [-0.2, 0) is 11.2 Å². The van der Waals surface area contributed by atoms with Gasteiger partial charge in [-0.05, 0) is 101 Å². The van der Waals surface area contributed by atoms with E-state index in [0.29, 0.717) is 10.7 Å². The van der Waals surface area contributed by atoms with E-state index in [9.17, 15) is 4.79 Å². The minimum absolute atomic E-state index is 0.309. The lowest BCUT2D eigenvalue weighted by molar-refractivity contribution is -0.132. The first-order valence-electron chi connectivity index (χ1n) is 10.3. The summed E-state index contributed by atoms with van der Waals surface area (Å²) < 4.78 is 12.1. The molecule has 4 nitrogen and oxygen atoms in total. The number of hydrogen-bond acceptors (Lipinski definition) is 4. The molecule has 1 aliphatic rings. The van der Waals surface area contributed by atoms with E-state index in [4.69, 9.17) is 21.7 Å². The molecule has 0 radical (unpaired) electrons. The van der Waals surface area contributed by atoms with Crippen molar-refractivity contribution in [3.05, 3.63) is 51.1 Å². The Morgan fingerprint density at radius 1 is 1.03 bits per heavy atom. The van der Waals surface area contributed by atoms with Gasteiger partial charge in [0.05, 0.1) is 0 Å². The van der Waals surface area contributed by atoms with Crippen LogP contribution in [0.25, 0.3) is 0 Å². The third kappa shape index (κ3) is 3.95. The molecular formula is C25H31NO3S. The van der Waals surface area contributed by atoms with Gasteiger partial charge in [-0.1, -0.05) is 18.3 Å². The smallest absolute Gasteiger partial charge is 0.308 e. The Morgan fingerprint density at radius 3 is 2.30 bits per heavy atom. The van der Waals surface area contributed by atoms with Crippen LogP contribution in [0.4, 0.5) is 5.69 Å². The van der Waals surface area contributed by atoms with Crippen LogP contribution in [0, 0.1) is 41.5 Å². The van der Waals surface area contributed by atoms with Crippen LogP contribution in [0.1, 0.15) is 59.2 Å². The van der Waals surface area contributed by atoms with Crippen LogP contribution in [0.5, 0.6) is 11.5 Å². The Labute approximate surface area is 185 Å². The molecule has 0 spiro atoms. The van der Waals surface area contributed by atoms with Gasteiger partial charge in [0.1, 0.15) is 16.5 Å². The quantitative estimate of drug-likeness (QED) is 0.372. The van der Waals surface area contributed by atoms with E-state index in [2.05, 4.69) is 38.2 Å². The second kappa shape index (κ2) is 8.03. The van der Waals surface area contributed by atoms with Crippen molar-refractivity contribution in [2.75, 3.05) is 5.32 Å². The Morgan fingerprint density at radius 2 is 1.67 bits per heavy atom. The number of benzene rings is 2. The highest BCUT2D eigenvalue weighted by molar-refractivity contribution is 7.80. The summed E-state index contributed by atoms with van der Waals surface area (Å²) in [5.41, 5.74) is 8.04. The normalized spacial score (nSPS) is 17.7. The average molecular weight is 426 g/mol. The van der Waals surface area contributed by atoms with Gasteiger partial charge in [0, 0.05) is 18.2 Å². The largest absolute Gasteiger partial charge is 0.480 e. The summed E-state index contributed by atoms with van der Waals surface area (Å²) in [6.45, 7) is 15.8. The summed E-state index contributed by atoms with van der Waals surface area (Å²) in [6, 6.07) is 4.31. The van der Waals surface area contributed by atoms with Crippen molar-refractivity contribution in [1.82, 2.24) is 0 Å². The summed E-state index contributed by atoms with van der Waals surface area (Å²) in [7, 11) is 0. The third-order valence-corrected chi connectivity index (χ3v) is 6.84. The number of aryl methyl sites for hydroxylation is 3. The van der Waals surface area contributed by atoms with Crippen LogP contribution < -0.4 is 14.8 Å². The number of thiocarbonyl (C=S) groups is 1. The third-order valence-electron chi connectivity index (χ3n) is 6.31. The maximum atomic E-state index is 11.6. The summed E-state index contributed by atoms with van der Waals surface area (Å²) in [5.74, 6) is 1.20. The Hall–Kier alpha value is -2.40. The molecule has 1 heterocycles. The predicted octanol–water partition coefficient (Wildman–Crippen LogP) is 5.99. The van der Waals surface area contributed by atoms with Gasteiger partial charge >= 0.3 is 5.97 Å². The molecule has 2 aromatic rings. The summed E-state index contributed by atoms with van der Waals surface area (Å²) in [4.78, 5) is 12.2. The van der Waals surface area contributed by atoms with Gasteiger partial charge in [-0.25, -0.2) is 0 Å². The van der Waals surface area contributed by atoms with Crippen LogP contribution in [0.2, 0.25) is 0 Å². The molecule has 0 fully saturated rings. The van der Waals surface area contributed by atoms with E-state index < -0.39 is 5.60 Å². The number of nitrogens with one attached hydrogen (secondary N) is 1. The number of fused-ring (bicyclic) bond motifs is 1. The zero-order chi connectivity index (χ0) is 22.4. The lowest BCUT2D eigenvalue weighted by atomic mass is 9.87. The molecule has 1 aliphatic heterocycles. The molecule has 2 aromatic carbocycles. The zero-order valence-electron chi connectivity index (χ0n) is 19.2. The van der Waals surface area contributed by atoms with Gasteiger partial charge in [-0.15, -0.1) is 0 Å². The van der Waals surface area contributed by atoms with Crippen molar-refractivity contribution in [1.29, 1.82) is 0 Å². The van der Waals surface area contributed by atoms with Crippen LogP contribution >= 0.6 is 12.2 Å². The Balaban J connectivity index is 1.94. The summed E-state index contributed by atoms with van der Waals surface area (Å²) in [5, 5.41) is 3.44. The van der Waals surface area contributed by atoms with E-state index in [1.54, 1.807) is 0 Å². The fourth-order valence-electron chi connectivity index (χ4n) is 4.04. The average Bonchev–Trinajstić information content (AvgIpc) is 2.67. The van der Waals surface area contributed by atoms with E-state index in [-0.39, 0.29) is 5.97 Å². The summed E-state index contributed by atoms with van der Waals surface area (Å²) in [6.07, 6.45) is 1.55. The fourth-order valence-corrected chi connectivity index (χ4v) is 4.29. The van der Waals surface area contributed by atoms with Crippen LogP contribution in [0.15, 0.2) is 12.1 Å². The predicted molar refractivity (Wildman–Crippen MR) is 126 cm³/mol. The molecule has 160 valence electrons. The second-order valence-electron chi connectivity index (χ2n) is 8.64. The molecule has 0 saturated heterocycles. The minimum Gasteiger partial charge on any atom is -0.480 e. The Kier molecular flexibility index (Phi) is 5.96. The highest BCUT2D eigenvalue weighted by Crippen LogP contribution is 2.44. The van der Waals surface area contributed by atoms with E-state index in [0.717, 1.165) is 52.1 Å². The molecule has 0 aliphatic carbocycles. The molecule has 1 unspecified atom stereocenters. The number of hydrogen-bond donors (Lipinski definition) is 1. The van der Waals surface area contributed by atoms with E-state index in [1.165, 1.54) is 18.1 Å². The SMILES string of the molecule is CC(=O)Oc1c(C)c(C)c2c(c1C)CCC(C)(C(=S)Nc1cc(C)c(C)cc1C)O2. The van der Waals surface area contributed by atoms with Gasteiger partial charge in [0.25, 0.3) is 0 Å². The molecule has 3 rings (SSSR count). The van der Waals surface area contributed by atoms with Crippen molar-refractivity contribution in [3.8, 4) is 11.5 Å². The number of carbonyl (C=O) groups is 1. The number of anilines is 1. The van der Waals surface area contributed by atoms with E-state index in [1.807, 2.05) is 27.7 Å². The first-order valence-corrected chi connectivity index (χ1v) is 10.7. The molecular weight excluding hydrogens is 394 g/mol. The number of rotatable bonds is 3. The second-order valence-corrected chi connectivity index (χ2v) is 9.05. The van der Waals surface area contributed by atoms with Crippen LogP contribution in [0.3, 0.4) is 0 Å². The highest BCUT2D eigenvalue weighted by Gasteiger charge is 2.38. The topological polar surface area (TPSA) is 47.6 Å². The number of esters is 1. The molecule has 0 bridgehead atoms. The van der Waals surface area contributed by atoms with Crippen LogP contribution in [-0.4, -0.2) is 16.6 Å². The molecule has 0 saturated carbocycles. The number of ether oxygens (including phenoxy) is 2. The standard InChI is InChI=1S/C25H31NO3S/c1-13-11-15(3)21(12-14(13)2)26-24(30)25(8)10-9-20-18(6)22(28-19(7)27)16(4)17(5)23(20)29-25/h11-12H,9-10H2,1-8H3,(H,26,30). The zero-order valence-corrected chi connectivity index (χ0v) is 20.0.